The molecular formula is C13H25NO2. The molecule has 0 aromatic rings. The largest absolute Gasteiger partial charge is 0.376 e. The lowest BCUT2D eigenvalue weighted by Gasteiger charge is -2.40. The summed E-state index contributed by atoms with van der Waals surface area (Å²) in [5.74, 6) is -0.446. The molecule has 1 amide bonds. The fourth-order valence-corrected chi connectivity index (χ4v) is 2.50. The Morgan fingerprint density at radius 3 is 2.50 bits per heavy atom. The number of carbonyl (C=O) groups excluding carboxylic acids is 1. The van der Waals surface area contributed by atoms with Crippen LogP contribution in [0.3, 0.4) is 0 Å². The Bertz CT molecular complexity index is 333. The molecule has 0 spiro atoms. The molecule has 16 heavy (non-hydrogen) atoms. The predicted molar refractivity (Wildman–Crippen MR) is 65.3 cm³/mol. The fraction of sp³-hybridized carbons (Fsp3) is 0.923. The quantitative estimate of drug-likeness (QED) is 0.728. The molecule has 1 unspecified atom stereocenters. The zero-order valence-electron chi connectivity index (χ0n) is 13.3. The van der Waals surface area contributed by atoms with Crippen LogP contribution < -0.4 is 0 Å². The maximum absolute atomic E-state index is 12.1. The lowest BCUT2D eigenvalue weighted by molar-refractivity contribution is -0.134. The highest BCUT2D eigenvalue weighted by Crippen LogP contribution is 2.43. The monoisotopic (exact) mass is 229 g/mol. The Morgan fingerprint density at radius 1 is 1.62 bits per heavy atom. The highest BCUT2D eigenvalue weighted by molar-refractivity contribution is 5.76. The maximum atomic E-state index is 12.1. The smallest absolute Gasteiger partial charge is 0.222 e. The minimum absolute atomic E-state index is 0.00620. The molecule has 1 aliphatic rings. The van der Waals surface area contributed by atoms with E-state index >= 15 is 0 Å². The van der Waals surface area contributed by atoms with Crippen LogP contribution >= 0.6 is 0 Å². The lowest BCUT2D eigenvalue weighted by atomic mass is 9.75. The summed E-state index contributed by atoms with van der Waals surface area (Å²) in [6.07, 6.45) is -1.08. The number of hydrogen-bond donors (Lipinski definition) is 0. The summed E-state index contributed by atoms with van der Waals surface area (Å²) in [5, 5.41) is 0. The lowest BCUT2D eigenvalue weighted by Crippen LogP contribution is -2.47. The van der Waals surface area contributed by atoms with E-state index in [9.17, 15) is 4.79 Å². The van der Waals surface area contributed by atoms with Gasteiger partial charge in [-0.25, -0.2) is 0 Å². The van der Waals surface area contributed by atoms with Crippen molar-refractivity contribution in [2.24, 2.45) is 5.41 Å². The Labute approximate surface area is 102 Å². The van der Waals surface area contributed by atoms with Gasteiger partial charge in [-0.05, 0) is 18.8 Å². The van der Waals surface area contributed by atoms with Crippen LogP contribution in [0.2, 0.25) is 0 Å². The molecule has 3 heteroatoms. The van der Waals surface area contributed by atoms with E-state index in [4.69, 9.17) is 7.48 Å². The van der Waals surface area contributed by atoms with E-state index < -0.39 is 17.9 Å². The van der Waals surface area contributed by atoms with Crippen molar-refractivity contribution in [3.8, 4) is 0 Å². The molecular weight excluding hydrogens is 202 g/mol. The number of methoxy groups -OCH3 is 1. The van der Waals surface area contributed by atoms with Crippen molar-refractivity contribution in [2.75, 3.05) is 13.7 Å². The Balaban J connectivity index is 3.00. The zero-order chi connectivity index (χ0) is 14.4. The van der Waals surface area contributed by atoms with E-state index in [1.807, 2.05) is 6.92 Å². The second-order valence-electron chi connectivity index (χ2n) is 5.68. The standard InChI is InChI=1S/C13H25NO2/c1-7-11(15)14-9-13(16-6,8-10(14)2)12(3,4)5/h10H,7-9H2,1-6H3/t10-,13?/m0/s1/i7D2. The number of nitrogens with zero attached hydrogens (tertiary/aromatic N) is 1. The van der Waals surface area contributed by atoms with Crippen molar-refractivity contribution in [1.82, 2.24) is 4.90 Å². The van der Waals surface area contributed by atoms with Gasteiger partial charge in [-0.1, -0.05) is 27.7 Å². The summed E-state index contributed by atoms with van der Waals surface area (Å²) in [4.78, 5) is 13.7. The highest BCUT2D eigenvalue weighted by atomic mass is 16.5. The van der Waals surface area contributed by atoms with E-state index in [1.54, 1.807) is 12.0 Å². The Morgan fingerprint density at radius 2 is 2.19 bits per heavy atom. The molecule has 2 atom stereocenters. The van der Waals surface area contributed by atoms with Gasteiger partial charge in [-0.15, -0.1) is 0 Å². The maximum Gasteiger partial charge on any atom is 0.222 e. The van der Waals surface area contributed by atoms with Gasteiger partial charge in [-0.2, -0.15) is 0 Å². The first kappa shape index (κ1) is 10.6. The first-order valence-corrected chi connectivity index (χ1v) is 5.81. The molecule has 0 saturated carbocycles. The number of likely N-dealkylation sites (tertiary alicyclic amines) is 1. The van der Waals surface area contributed by atoms with Crippen molar-refractivity contribution < 1.29 is 12.3 Å². The van der Waals surface area contributed by atoms with Gasteiger partial charge in [0.25, 0.3) is 0 Å². The summed E-state index contributed by atoms with van der Waals surface area (Å²) in [6, 6.07) is 0.00620. The third kappa shape index (κ3) is 2.10. The normalized spacial score (nSPS) is 33.6. The second-order valence-corrected chi connectivity index (χ2v) is 5.68. The number of ether oxygens (including phenoxy) is 1. The molecule has 94 valence electrons. The molecule has 0 aromatic carbocycles. The third-order valence-electron chi connectivity index (χ3n) is 3.82. The van der Waals surface area contributed by atoms with Crippen molar-refractivity contribution in [3.05, 3.63) is 0 Å². The summed E-state index contributed by atoms with van der Waals surface area (Å²) >= 11 is 0. The number of hydrogen-bond acceptors (Lipinski definition) is 2. The van der Waals surface area contributed by atoms with Crippen LogP contribution in [0.1, 0.15) is 50.2 Å². The number of carbonyl (C=O) groups is 1. The van der Waals surface area contributed by atoms with Gasteiger partial charge in [0.1, 0.15) is 0 Å². The van der Waals surface area contributed by atoms with Crippen molar-refractivity contribution in [3.63, 3.8) is 0 Å². The summed E-state index contributed by atoms with van der Waals surface area (Å²) in [7, 11) is 1.67. The second kappa shape index (κ2) is 4.36. The van der Waals surface area contributed by atoms with Crippen molar-refractivity contribution in [1.29, 1.82) is 0 Å². The van der Waals surface area contributed by atoms with Crippen molar-refractivity contribution >= 4 is 5.91 Å². The summed E-state index contributed by atoms with van der Waals surface area (Å²) in [5.41, 5.74) is -0.487. The van der Waals surface area contributed by atoms with E-state index in [-0.39, 0.29) is 11.5 Å². The first-order valence-electron chi connectivity index (χ1n) is 6.81. The highest BCUT2D eigenvalue weighted by Gasteiger charge is 2.51. The molecule has 0 N–H and O–H groups in total. The minimum Gasteiger partial charge on any atom is -0.376 e. The van der Waals surface area contributed by atoms with Gasteiger partial charge in [0.05, 0.1) is 12.1 Å². The Kier molecular flexibility index (Phi) is 2.88. The molecule has 0 aromatic heterocycles. The molecule has 1 fully saturated rings. The van der Waals surface area contributed by atoms with Gasteiger partial charge in [-0.3, -0.25) is 4.79 Å². The van der Waals surface area contributed by atoms with E-state index in [0.717, 1.165) is 6.42 Å². The van der Waals surface area contributed by atoms with Crippen LogP contribution in [-0.2, 0) is 9.53 Å². The van der Waals surface area contributed by atoms with Crippen molar-refractivity contribution in [2.45, 2.75) is 59.1 Å². The van der Waals surface area contributed by atoms with Gasteiger partial charge in [0, 0.05) is 22.3 Å². The molecule has 1 aliphatic heterocycles. The van der Waals surface area contributed by atoms with Crippen LogP contribution in [0.15, 0.2) is 0 Å². The van der Waals surface area contributed by atoms with E-state index in [0.29, 0.717) is 6.54 Å². The van der Waals surface area contributed by atoms with Gasteiger partial charge in [0.15, 0.2) is 0 Å². The molecule has 1 heterocycles. The molecule has 3 nitrogen and oxygen atoms in total. The van der Waals surface area contributed by atoms with E-state index in [1.165, 1.54) is 6.92 Å². The number of amides is 1. The number of rotatable bonds is 2. The SMILES string of the molecule is [2H]C([2H])(C)C(=O)N1CC(OC)(C(C)(C)C)C[C@@H]1C. The van der Waals surface area contributed by atoms with E-state index in [2.05, 4.69) is 20.8 Å². The van der Waals surface area contributed by atoms with Gasteiger partial charge in [0.2, 0.25) is 5.91 Å². The zero-order valence-corrected chi connectivity index (χ0v) is 11.3. The topological polar surface area (TPSA) is 29.5 Å². The average Bonchev–Trinajstić information content (AvgIpc) is 2.53. The molecule has 0 radical (unpaired) electrons. The third-order valence-corrected chi connectivity index (χ3v) is 3.82. The van der Waals surface area contributed by atoms with Crippen LogP contribution in [-0.4, -0.2) is 36.1 Å². The molecule has 0 aliphatic carbocycles. The van der Waals surface area contributed by atoms with Gasteiger partial charge >= 0.3 is 0 Å². The first-order chi connectivity index (χ1) is 7.94. The fourth-order valence-electron chi connectivity index (χ4n) is 2.50. The van der Waals surface area contributed by atoms with Gasteiger partial charge < -0.3 is 9.64 Å². The van der Waals surface area contributed by atoms with Crippen LogP contribution in [0.5, 0.6) is 0 Å². The average molecular weight is 229 g/mol. The molecule has 0 bridgehead atoms. The van der Waals surface area contributed by atoms with Crippen LogP contribution in [0, 0.1) is 5.41 Å². The minimum atomic E-state index is -1.82. The molecule has 1 rings (SSSR count). The Hall–Kier alpha value is -0.570. The summed E-state index contributed by atoms with van der Waals surface area (Å²) < 4.78 is 20.8. The predicted octanol–water partition coefficient (Wildman–Crippen LogP) is 2.45. The van der Waals surface area contributed by atoms with Crippen LogP contribution in [0.4, 0.5) is 0 Å². The van der Waals surface area contributed by atoms with Crippen LogP contribution in [0.25, 0.3) is 0 Å². The molecule has 1 saturated heterocycles. The summed E-state index contributed by atoms with van der Waals surface area (Å²) in [6.45, 7) is 10.0.